The largest absolute Gasteiger partial charge is 0.422 e. The Bertz CT molecular complexity index is 1200. The molecule has 0 amide bonds. The maximum atomic E-state index is 12.7. The molecule has 2 nitrogen and oxygen atoms in total. The SMILES string of the molecule is CCc1ccc2cc(-c3cc4cc(CC)c(CC)cc4oc3=O)ccc2c1. The predicted molar refractivity (Wildman–Crippen MR) is 114 cm³/mol. The van der Waals surface area contributed by atoms with Gasteiger partial charge in [-0.25, -0.2) is 4.79 Å². The molecule has 0 atom stereocenters. The van der Waals surface area contributed by atoms with Crippen molar-refractivity contribution in [1.29, 1.82) is 0 Å². The first-order chi connectivity index (χ1) is 13.1. The Balaban J connectivity index is 1.88. The van der Waals surface area contributed by atoms with Crippen LogP contribution in [0, 0.1) is 0 Å². The van der Waals surface area contributed by atoms with Gasteiger partial charge in [-0.05, 0) is 76.6 Å². The zero-order valence-electron chi connectivity index (χ0n) is 16.1. The van der Waals surface area contributed by atoms with E-state index in [2.05, 4.69) is 57.2 Å². The first-order valence-electron chi connectivity index (χ1n) is 9.75. The molecule has 0 aliphatic rings. The van der Waals surface area contributed by atoms with Crippen LogP contribution in [0.1, 0.15) is 37.5 Å². The van der Waals surface area contributed by atoms with Gasteiger partial charge in [0.25, 0.3) is 0 Å². The molecule has 0 bridgehead atoms. The third-order valence-electron chi connectivity index (χ3n) is 5.44. The number of aryl methyl sites for hydroxylation is 3. The quantitative estimate of drug-likeness (QED) is 0.402. The second kappa shape index (κ2) is 7.03. The minimum atomic E-state index is -0.279. The summed E-state index contributed by atoms with van der Waals surface area (Å²) in [5.74, 6) is 0. The molecule has 0 aliphatic carbocycles. The molecule has 0 radical (unpaired) electrons. The van der Waals surface area contributed by atoms with Gasteiger partial charge in [0.05, 0.1) is 5.56 Å². The highest BCUT2D eigenvalue weighted by Gasteiger charge is 2.11. The Labute approximate surface area is 159 Å². The predicted octanol–water partition coefficient (Wildman–Crippen LogP) is 6.30. The lowest BCUT2D eigenvalue weighted by molar-refractivity contribution is 0.563. The molecule has 0 saturated carbocycles. The van der Waals surface area contributed by atoms with Crippen LogP contribution in [-0.2, 0) is 19.3 Å². The summed E-state index contributed by atoms with van der Waals surface area (Å²) in [5, 5.41) is 3.32. The number of rotatable bonds is 4. The van der Waals surface area contributed by atoms with Gasteiger partial charge in [0, 0.05) is 5.39 Å². The Kier molecular flexibility index (Phi) is 4.57. The van der Waals surface area contributed by atoms with E-state index in [-0.39, 0.29) is 5.63 Å². The standard InChI is InChI=1S/C25H24O2/c1-4-16-7-8-20-13-21(10-9-19(20)11-16)23-14-22-12-17(5-2)18(6-3)15-24(22)27-25(23)26/h7-15H,4-6H2,1-3H3. The highest BCUT2D eigenvalue weighted by Crippen LogP contribution is 2.27. The first kappa shape index (κ1) is 17.5. The lowest BCUT2D eigenvalue weighted by atomic mass is 9.97. The van der Waals surface area contributed by atoms with Crippen LogP contribution >= 0.6 is 0 Å². The summed E-state index contributed by atoms with van der Waals surface area (Å²) < 4.78 is 5.68. The van der Waals surface area contributed by atoms with Crippen LogP contribution in [0.15, 0.2) is 63.8 Å². The zero-order valence-corrected chi connectivity index (χ0v) is 16.1. The lowest BCUT2D eigenvalue weighted by Crippen LogP contribution is -2.03. The van der Waals surface area contributed by atoms with Crippen molar-refractivity contribution >= 4 is 21.7 Å². The van der Waals surface area contributed by atoms with E-state index in [1.807, 2.05) is 18.2 Å². The molecule has 4 aromatic rings. The van der Waals surface area contributed by atoms with Gasteiger partial charge in [0.1, 0.15) is 5.58 Å². The Morgan fingerprint density at radius 1 is 0.704 bits per heavy atom. The summed E-state index contributed by atoms with van der Waals surface area (Å²) >= 11 is 0. The molecule has 2 heteroatoms. The molecule has 4 rings (SSSR count). The normalized spacial score (nSPS) is 11.4. The topological polar surface area (TPSA) is 30.2 Å². The summed E-state index contributed by atoms with van der Waals surface area (Å²) in [6.45, 7) is 6.45. The summed E-state index contributed by atoms with van der Waals surface area (Å²) in [5.41, 5.74) is 5.80. The molecule has 0 unspecified atom stereocenters. The van der Waals surface area contributed by atoms with Crippen LogP contribution in [0.2, 0.25) is 0 Å². The molecule has 0 saturated heterocycles. The van der Waals surface area contributed by atoms with Gasteiger partial charge < -0.3 is 4.42 Å². The minimum Gasteiger partial charge on any atom is -0.422 e. The van der Waals surface area contributed by atoms with E-state index in [1.165, 1.54) is 22.1 Å². The van der Waals surface area contributed by atoms with Crippen molar-refractivity contribution < 1.29 is 4.42 Å². The van der Waals surface area contributed by atoms with Crippen LogP contribution in [0.3, 0.4) is 0 Å². The van der Waals surface area contributed by atoms with Gasteiger partial charge in [-0.15, -0.1) is 0 Å². The van der Waals surface area contributed by atoms with Crippen molar-refractivity contribution in [3.05, 3.63) is 81.7 Å². The van der Waals surface area contributed by atoms with Gasteiger partial charge in [0.2, 0.25) is 0 Å². The van der Waals surface area contributed by atoms with Gasteiger partial charge in [-0.3, -0.25) is 0 Å². The monoisotopic (exact) mass is 356 g/mol. The maximum absolute atomic E-state index is 12.7. The summed E-state index contributed by atoms with van der Waals surface area (Å²) in [6, 6.07) is 18.8. The van der Waals surface area contributed by atoms with Crippen molar-refractivity contribution in [2.45, 2.75) is 40.0 Å². The van der Waals surface area contributed by atoms with Crippen molar-refractivity contribution in [2.24, 2.45) is 0 Å². The third kappa shape index (κ3) is 3.16. The Morgan fingerprint density at radius 2 is 1.41 bits per heavy atom. The number of fused-ring (bicyclic) bond motifs is 2. The van der Waals surface area contributed by atoms with Gasteiger partial charge in [0.15, 0.2) is 0 Å². The molecule has 27 heavy (non-hydrogen) atoms. The van der Waals surface area contributed by atoms with E-state index >= 15 is 0 Å². The minimum absolute atomic E-state index is 0.279. The number of hydrogen-bond donors (Lipinski definition) is 0. The molecular formula is C25H24O2. The van der Waals surface area contributed by atoms with Gasteiger partial charge >= 0.3 is 5.63 Å². The lowest BCUT2D eigenvalue weighted by Gasteiger charge is -2.09. The molecule has 1 heterocycles. The smallest absolute Gasteiger partial charge is 0.344 e. The Morgan fingerprint density at radius 3 is 2.15 bits per heavy atom. The fourth-order valence-corrected chi connectivity index (χ4v) is 3.80. The van der Waals surface area contributed by atoms with Crippen LogP contribution in [0.5, 0.6) is 0 Å². The molecule has 0 fully saturated rings. The average Bonchev–Trinajstić information content (AvgIpc) is 2.71. The maximum Gasteiger partial charge on any atom is 0.344 e. The van der Waals surface area contributed by atoms with Crippen LogP contribution in [0.4, 0.5) is 0 Å². The highest BCUT2D eigenvalue weighted by molar-refractivity contribution is 5.89. The van der Waals surface area contributed by atoms with Crippen molar-refractivity contribution in [3.63, 3.8) is 0 Å². The highest BCUT2D eigenvalue weighted by atomic mass is 16.4. The van der Waals surface area contributed by atoms with Gasteiger partial charge in [-0.1, -0.05) is 51.1 Å². The van der Waals surface area contributed by atoms with Crippen LogP contribution in [-0.4, -0.2) is 0 Å². The second-order valence-corrected chi connectivity index (χ2v) is 7.06. The number of benzene rings is 3. The summed E-state index contributed by atoms with van der Waals surface area (Å²) in [6.07, 6.45) is 2.93. The summed E-state index contributed by atoms with van der Waals surface area (Å²) in [7, 11) is 0. The van der Waals surface area contributed by atoms with Crippen molar-refractivity contribution in [1.82, 2.24) is 0 Å². The Hall–Kier alpha value is -2.87. The molecule has 0 spiro atoms. The molecule has 0 N–H and O–H groups in total. The van der Waals surface area contributed by atoms with Crippen molar-refractivity contribution in [2.75, 3.05) is 0 Å². The number of hydrogen-bond acceptors (Lipinski definition) is 2. The van der Waals surface area contributed by atoms with Crippen LogP contribution in [0.25, 0.3) is 32.9 Å². The van der Waals surface area contributed by atoms with E-state index in [0.717, 1.165) is 35.6 Å². The molecule has 136 valence electrons. The fraction of sp³-hybridized carbons (Fsp3) is 0.240. The molecular weight excluding hydrogens is 332 g/mol. The molecule has 1 aromatic heterocycles. The first-order valence-corrected chi connectivity index (χ1v) is 9.75. The zero-order chi connectivity index (χ0) is 19.0. The van der Waals surface area contributed by atoms with E-state index in [1.54, 1.807) is 0 Å². The summed E-state index contributed by atoms with van der Waals surface area (Å²) in [4.78, 5) is 12.7. The van der Waals surface area contributed by atoms with Gasteiger partial charge in [-0.2, -0.15) is 0 Å². The van der Waals surface area contributed by atoms with E-state index < -0.39 is 0 Å². The van der Waals surface area contributed by atoms with Crippen LogP contribution < -0.4 is 5.63 Å². The average molecular weight is 356 g/mol. The van der Waals surface area contributed by atoms with E-state index in [4.69, 9.17) is 4.42 Å². The van der Waals surface area contributed by atoms with E-state index in [9.17, 15) is 4.79 Å². The fourth-order valence-electron chi connectivity index (χ4n) is 3.80. The molecule has 0 aliphatic heterocycles. The molecule has 3 aromatic carbocycles. The van der Waals surface area contributed by atoms with E-state index in [0.29, 0.717) is 11.1 Å². The second-order valence-electron chi connectivity index (χ2n) is 7.06. The third-order valence-corrected chi connectivity index (χ3v) is 5.44. The van der Waals surface area contributed by atoms with Crippen molar-refractivity contribution in [3.8, 4) is 11.1 Å².